The average Bonchev–Trinajstić information content (AvgIpc) is 2.95. The fourth-order valence-electron chi connectivity index (χ4n) is 4.75. The Morgan fingerprint density at radius 1 is 0.789 bits per heavy atom. The number of aromatic nitrogens is 1. The molecule has 1 fully saturated rings. The smallest absolute Gasteiger partial charge is 0.126 e. The lowest BCUT2D eigenvalue weighted by Gasteiger charge is -2.40. The molecule has 1 aromatic heterocycles. The average molecular weight is 525 g/mol. The molecule has 204 valence electrons. The van der Waals surface area contributed by atoms with Gasteiger partial charge in [-0.1, -0.05) is 54.6 Å². The Balaban J connectivity index is 1.42. The van der Waals surface area contributed by atoms with Gasteiger partial charge in [0.15, 0.2) is 0 Å². The third-order valence-corrected chi connectivity index (χ3v) is 7.08. The van der Waals surface area contributed by atoms with E-state index in [0.29, 0.717) is 5.82 Å². The van der Waals surface area contributed by atoms with E-state index in [1.165, 1.54) is 6.92 Å². The van der Waals surface area contributed by atoms with E-state index in [1.807, 2.05) is 36.4 Å². The van der Waals surface area contributed by atoms with Crippen LogP contribution in [-0.4, -0.2) is 91.0 Å². The first-order valence-electron chi connectivity index (χ1n) is 12.8. The molecule has 9 heteroatoms. The highest BCUT2D eigenvalue weighted by atomic mass is 16.5. The molecule has 4 rings (SSSR count). The second-order valence-electron chi connectivity index (χ2n) is 9.80. The molecule has 38 heavy (non-hydrogen) atoms. The molecule has 0 bridgehead atoms. The van der Waals surface area contributed by atoms with E-state index in [0.717, 1.165) is 22.3 Å². The van der Waals surface area contributed by atoms with Crippen molar-refractivity contribution in [2.24, 2.45) is 0 Å². The van der Waals surface area contributed by atoms with Gasteiger partial charge in [0.2, 0.25) is 0 Å². The molecular weight excluding hydrogens is 488 g/mol. The molecule has 8 unspecified atom stereocenters. The van der Waals surface area contributed by atoms with E-state index in [2.05, 4.69) is 34.6 Å². The Morgan fingerprint density at radius 2 is 1.37 bits per heavy atom. The molecule has 1 saturated heterocycles. The van der Waals surface area contributed by atoms with E-state index in [-0.39, 0.29) is 12.8 Å². The molecule has 1 aliphatic heterocycles. The van der Waals surface area contributed by atoms with Crippen molar-refractivity contribution in [2.75, 3.05) is 11.9 Å². The predicted octanol–water partition coefficient (Wildman–Crippen LogP) is 1.56. The summed E-state index contributed by atoms with van der Waals surface area (Å²) in [6.45, 7) is 0.966. The van der Waals surface area contributed by atoms with Gasteiger partial charge in [-0.25, -0.2) is 4.98 Å². The zero-order valence-corrected chi connectivity index (χ0v) is 21.2. The fraction of sp³-hybridized carbons (Fsp3) is 0.414. The molecule has 0 amide bonds. The monoisotopic (exact) mass is 524 g/mol. The highest BCUT2D eigenvalue weighted by Gasteiger charge is 2.43. The maximum absolute atomic E-state index is 10.6. The maximum atomic E-state index is 10.6. The van der Waals surface area contributed by atoms with Crippen molar-refractivity contribution >= 4 is 5.82 Å². The Labute approximate surface area is 222 Å². The normalized spacial score (nSPS) is 25.9. The van der Waals surface area contributed by atoms with Gasteiger partial charge in [-0.2, -0.15) is 0 Å². The lowest BCUT2D eigenvalue weighted by Crippen LogP contribution is -2.58. The summed E-state index contributed by atoms with van der Waals surface area (Å²) in [6.07, 6.45) is -6.14. The van der Waals surface area contributed by atoms with Crippen LogP contribution in [0.25, 0.3) is 22.3 Å². The molecule has 7 N–H and O–H groups in total. The van der Waals surface area contributed by atoms with Gasteiger partial charge in [0, 0.05) is 11.8 Å². The van der Waals surface area contributed by atoms with Gasteiger partial charge in [-0.15, -0.1) is 0 Å². The largest absolute Gasteiger partial charge is 0.394 e. The van der Waals surface area contributed by atoms with Gasteiger partial charge in [0.25, 0.3) is 0 Å². The molecule has 3 aromatic rings. The summed E-state index contributed by atoms with van der Waals surface area (Å²) >= 11 is 0. The van der Waals surface area contributed by atoms with Crippen LogP contribution in [0.5, 0.6) is 0 Å². The molecular formula is C29H36N2O7. The van der Waals surface area contributed by atoms with Gasteiger partial charge in [0.1, 0.15) is 30.2 Å². The molecule has 0 spiro atoms. The highest BCUT2D eigenvalue weighted by molar-refractivity contribution is 5.70. The minimum Gasteiger partial charge on any atom is -0.394 e. The molecule has 2 heterocycles. The number of nitrogens with zero attached hydrogens (tertiary/aromatic N) is 1. The van der Waals surface area contributed by atoms with Crippen LogP contribution in [0.1, 0.15) is 19.8 Å². The summed E-state index contributed by atoms with van der Waals surface area (Å²) in [4.78, 5) is 4.48. The van der Waals surface area contributed by atoms with Crippen LogP contribution in [-0.2, 0) is 4.74 Å². The van der Waals surface area contributed by atoms with Crippen LogP contribution in [0.2, 0.25) is 0 Å². The van der Waals surface area contributed by atoms with E-state index in [1.54, 1.807) is 12.3 Å². The van der Waals surface area contributed by atoms with E-state index in [4.69, 9.17) is 4.74 Å². The van der Waals surface area contributed by atoms with Gasteiger partial charge in [0.05, 0.1) is 31.0 Å². The molecule has 1 aliphatic rings. The Hall–Kier alpha value is -2.89. The highest BCUT2D eigenvalue weighted by Crippen LogP contribution is 2.27. The molecule has 9 nitrogen and oxygen atoms in total. The number of anilines is 1. The van der Waals surface area contributed by atoms with Crippen LogP contribution < -0.4 is 5.32 Å². The number of aliphatic hydroxyl groups excluding tert-OH is 6. The summed E-state index contributed by atoms with van der Waals surface area (Å²) in [7, 11) is 0. The van der Waals surface area contributed by atoms with E-state index < -0.39 is 55.4 Å². The van der Waals surface area contributed by atoms with Crippen molar-refractivity contribution in [2.45, 2.75) is 68.5 Å². The summed E-state index contributed by atoms with van der Waals surface area (Å²) in [5.41, 5.74) is 4.19. The summed E-state index contributed by atoms with van der Waals surface area (Å²) < 4.78 is 5.58. The topological polar surface area (TPSA) is 156 Å². The van der Waals surface area contributed by atoms with Crippen LogP contribution in [0.3, 0.4) is 0 Å². The number of ether oxygens (including phenoxy) is 1. The minimum atomic E-state index is -1.46. The van der Waals surface area contributed by atoms with Crippen LogP contribution in [0.15, 0.2) is 72.9 Å². The second kappa shape index (κ2) is 12.8. The van der Waals surface area contributed by atoms with Crippen molar-refractivity contribution in [3.63, 3.8) is 0 Å². The quantitative estimate of drug-likeness (QED) is 0.209. The van der Waals surface area contributed by atoms with Crippen LogP contribution >= 0.6 is 0 Å². The number of nitrogens with one attached hydrogen (secondary N) is 1. The SMILES string of the molecule is CC(O)C(O)C(CCC1OC(CO)C(O)C(O)C1O)Nc1ccc(-c2ccc(-c3ccccc3)cc2)cn1. The molecule has 2 aromatic carbocycles. The van der Waals surface area contributed by atoms with Gasteiger partial charge in [-0.3, -0.25) is 0 Å². The number of hydrogen-bond acceptors (Lipinski definition) is 9. The van der Waals surface area contributed by atoms with Crippen LogP contribution in [0.4, 0.5) is 5.82 Å². The molecule has 8 atom stereocenters. The van der Waals surface area contributed by atoms with Crippen LogP contribution in [0, 0.1) is 0 Å². The summed E-state index contributed by atoms with van der Waals surface area (Å²) in [5, 5.41) is 63.6. The van der Waals surface area contributed by atoms with E-state index in [9.17, 15) is 30.6 Å². The van der Waals surface area contributed by atoms with Crippen molar-refractivity contribution in [3.8, 4) is 22.3 Å². The number of rotatable bonds is 10. The minimum absolute atomic E-state index is 0.189. The summed E-state index contributed by atoms with van der Waals surface area (Å²) in [6, 6.07) is 21.4. The molecule has 0 aliphatic carbocycles. The fourth-order valence-corrected chi connectivity index (χ4v) is 4.75. The lowest BCUT2D eigenvalue weighted by molar-refractivity contribution is -0.230. The van der Waals surface area contributed by atoms with Crippen molar-refractivity contribution in [1.82, 2.24) is 4.98 Å². The molecule has 0 radical (unpaired) electrons. The number of benzene rings is 2. The predicted molar refractivity (Wildman–Crippen MR) is 143 cm³/mol. The first-order valence-corrected chi connectivity index (χ1v) is 12.8. The zero-order chi connectivity index (χ0) is 27.2. The number of aliphatic hydroxyl groups is 6. The number of hydrogen-bond donors (Lipinski definition) is 7. The zero-order valence-electron chi connectivity index (χ0n) is 21.2. The first-order chi connectivity index (χ1) is 18.3. The lowest BCUT2D eigenvalue weighted by atomic mass is 9.90. The Morgan fingerprint density at radius 3 is 1.95 bits per heavy atom. The van der Waals surface area contributed by atoms with Gasteiger partial charge < -0.3 is 40.7 Å². The first kappa shape index (κ1) is 28.1. The maximum Gasteiger partial charge on any atom is 0.126 e. The Bertz CT molecular complexity index is 1130. The van der Waals surface area contributed by atoms with Crippen molar-refractivity contribution in [1.29, 1.82) is 0 Å². The number of pyridine rings is 1. The van der Waals surface area contributed by atoms with Gasteiger partial charge in [-0.05, 0) is 48.6 Å². The second-order valence-corrected chi connectivity index (χ2v) is 9.80. The standard InChI is InChI=1S/C29H36N2O7/c1-17(33)26(34)22(12-13-23-27(35)29(37)28(36)24(16-32)38-23)31-25-14-11-21(15-30-25)20-9-7-19(8-10-20)18-5-3-2-4-6-18/h2-11,14-15,17,22-24,26-29,32-37H,12-13,16H2,1H3,(H,30,31). The van der Waals surface area contributed by atoms with E-state index >= 15 is 0 Å². The van der Waals surface area contributed by atoms with Crippen molar-refractivity contribution in [3.05, 3.63) is 72.9 Å². The molecule has 0 saturated carbocycles. The third kappa shape index (κ3) is 6.57. The third-order valence-electron chi connectivity index (χ3n) is 7.08. The van der Waals surface area contributed by atoms with Crippen molar-refractivity contribution < 1.29 is 35.4 Å². The summed E-state index contributed by atoms with van der Waals surface area (Å²) in [5.74, 6) is 0.494. The Kier molecular flexibility index (Phi) is 9.45. The van der Waals surface area contributed by atoms with Gasteiger partial charge >= 0.3 is 0 Å².